The maximum atomic E-state index is 13.6. The molecule has 4 aromatic carbocycles. The molecule has 0 amide bonds. The van der Waals surface area contributed by atoms with Crippen LogP contribution in [0.15, 0.2) is 97.1 Å². The van der Waals surface area contributed by atoms with Crippen molar-refractivity contribution in [2.45, 2.75) is 24.7 Å². The fourth-order valence-electron chi connectivity index (χ4n) is 4.26. The molecule has 220 valence electrons. The topological polar surface area (TPSA) is 0 Å². The lowest BCUT2D eigenvalue weighted by Crippen LogP contribution is -2.08. The number of hydrogen-bond acceptors (Lipinski definition) is 0. The Hall–Kier alpha value is -4.22. The summed E-state index contributed by atoms with van der Waals surface area (Å²) in [6, 6.07) is 13.3. The molecule has 4 aromatic rings. The van der Waals surface area contributed by atoms with Gasteiger partial charge in [-0.3, -0.25) is 0 Å². The van der Waals surface area contributed by atoms with Gasteiger partial charge in [0.15, 0.2) is 0 Å². The van der Waals surface area contributed by atoms with Gasteiger partial charge in [0, 0.05) is 0 Å². The van der Waals surface area contributed by atoms with Gasteiger partial charge in [0.1, 0.15) is 0 Å². The summed E-state index contributed by atoms with van der Waals surface area (Å²) in [7, 11) is 0. The highest BCUT2D eigenvalue weighted by molar-refractivity contribution is 6.04. The molecule has 0 spiro atoms. The molecule has 0 unspecified atom stereocenters. The minimum atomic E-state index is -4.87. The zero-order valence-electron chi connectivity index (χ0n) is 20.8. The Morgan fingerprint density at radius 3 is 0.857 bits per heavy atom. The highest BCUT2D eigenvalue weighted by atomic mass is 19.4. The molecule has 0 bridgehead atoms. The second kappa shape index (κ2) is 10.9. The molecule has 0 saturated carbocycles. The zero-order chi connectivity index (χ0) is 31.1. The quantitative estimate of drug-likeness (QED) is 0.161. The van der Waals surface area contributed by atoms with Crippen LogP contribution in [0, 0.1) is 0 Å². The Balaban J connectivity index is 2.13. The van der Waals surface area contributed by atoms with Gasteiger partial charge in [0.2, 0.25) is 0 Å². The lowest BCUT2D eigenvalue weighted by atomic mass is 9.84. The fraction of sp³-hybridized carbons (Fsp3) is 0.133. The van der Waals surface area contributed by atoms with E-state index in [0.717, 1.165) is 48.5 Å². The summed E-state index contributed by atoms with van der Waals surface area (Å²) in [6.07, 6.45) is -19.3. The average molecular weight is 604 g/mol. The number of alkyl halides is 12. The first-order chi connectivity index (χ1) is 19.4. The van der Waals surface area contributed by atoms with Crippen molar-refractivity contribution >= 4 is 11.1 Å². The van der Waals surface area contributed by atoms with Gasteiger partial charge in [-0.2, -0.15) is 52.7 Å². The maximum absolute atomic E-state index is 13.6. The van der Waals surface area contributed by atoms with Crippen LogP contribution in [0.1, 0.15) is 44.5 Å². The smallest absolute Gasteiger partial charge is 0.166 e. The molecule has 0 atom stereocenters. The van der Waals surface area contributed by atoms with Crippen LogP contribution in [-0.4, -0.2) is 0 Å². The monoisotopic (exact) mass is 604 g/mol. The van der Waals surface area contributed by atoms with Gasteiger partial charge in [0.05, 0.1) is 22.3 Å². The minimum absolute atomic E-state index is 0.130. The maximum Gasteiger partial charge on any atom is 0.416 e. The van der Waals surface area contributed by atoms with Crippen molar-refractivity contribution in [1.29, 1.82) is 0 Å². The molecule has 0 heterocycles. The van der Waals surface area contributed by atoms with E-state index >= 15 is 0 Å². The Bertz CT molecular complexity index is 1460. The molecule has 0 aliphatic carbocycles. The highest BCUT2D eigenvalue weighted by Crippen LogP contribution is 2.42. The number of benzene rings is 4. The van der Waals surface area contributed by atoms with Crippen LogP contribution in [-0.2, 0) is 24.7 Å². The van der Waals surface area contributed by atoms with E-state index in [2.05, 4.69) is 0 Å². The molecule has 0 radical (unpaired) electrons. The van der Waals surface area contributed by atoms with Crippen LogP contribution in [0.2, 0.25) is 0 Å². The van der Waals surface area contributed by atoms with E-state index in [1.165, 1.54) is 12.1 Å². The zero-order valence-corrected chi connectivity index (χ0v) is 20.8. The van der Waals surface area contributed by atoms with E-state index in [1.54, 1.807) is 0 Å². The molecule has 4 rings (SSSR count). The molecule has 0 nitrogen and oxygen atoms in total. The molecular formula is C30H16F12. The molecule has 0 N–H and O–H groups in total. The van der Waals surface area contributed by atoms with Crippen molar-refractivity contribution < 1.29 is 52.7 Å². The van der Waals surface area contributed by atoms with Crippen LogP contribution >= 0.6 is 0 Å². The Morgan fingerprint density at radius 1 is 0.310 bits per heavy atom. The summed E-state index contributed by atoms with van der Waals surface area (Å²) in [5.41, 5.74) is -5.80. The first-order valence-corrected chi connectivity index (χ1v) is 11.8. The van der Waals surface area contributed by atoms with E-state index in [1.807, 2.05) is 0 Å². The summed E-state index contributed by atoms with van der Waals surface area (Å²) in [5.74, 6) is 0. The third-order valence-corrected chi connectivity index (χ3v) is 6.21. The number of hydrogen-bond donors (Lipinski definition) is 0. The van der Waals surface area contributed by atoms with Crippen molar-refractivity contribution in [3.05, 3.63) is 142 Å². The van der Waals surface area contributed by atoms with Gasteiger partial charge < -0.3 is 0 Å². The molecule has 12 heteroatoms. The molecule has 0 aliphatic heterocycles. The van der Waals surface area contributed by atoms with Gasteiger partial charge in [-0.25, -0.2) is 0 Å². The second-order valence-electron chi connectivity index (χ2n) is 9.06. The molecule has 0 aromatic heterocycles. The van der Waals surface area contributed by atoms with E-state index < -0.39 is 47.0 Å². The molecule has 0 aliphatic rings. The Kier molecular flexibility index (Phi) is 7.96. The van der Waals surface area contributed by atoms with Crippen LogP contribution < -0.4 is 0 Å². The van der Waals surface area contributed by atoms with Gasteiger partial charge >= 0.3 is 24.7 Å². The fourth-order valence-corrected chi connectivity index (χ4v) is 4.26. The normalized spacial score (nSPS) is 13.6. The van der Waals surface area contributed by atoms with Crippen molar-refractivity contribution in [3.8, 4) is 0 Å². The van der Waals surface area contributed by atoms with E-state index in [9.17, 15) is 52.7 Å². The standard InChI is InChI=1S/C30H16F12/c31-27(32,33)21-11-7-17(8-12-21)25(19-3-1-5-23(15-19)29(37,38)39)26(18-9-13-22(14-10-18)28(34,35)36)20-4-2-6-24(16-20)30(40,41)42/h1-16H/b26-25+. The van der Waals surface area contributed by atoms with Crippen LogP contribution in [0.5, 0.6) is 0 Å². The van der Waals surface area contributed by atoms with E-state index in [4.69, 9.17) is 0 Å². The molecule has 0 saturated heterocycles. The minimum Gasteiger partial charge on any atom is -0.166 e. The third kappa shape index (κ3) is 6.80. The van der Waals surface area contributed by atoms with Crippen molar-refractivity contribution in [2.24, 2.45) is 0 Å². The third-order valence-electron chi connectivity index (χ3n) is 6.21. The van der Waals surface area contributed by atoms with Gasteiger partial charge in [-0.15, -0.1) is 0 Å². The largest absolute Gasteiger partial charge is 0.416 e. The lowest BCUT2D eigenvalue weighted by molar-refractivity contribution is -0.138. The number of halogens is 12. The Labute approximate surface area is 230 Å². The van der Waals surface area contributed by atoms with E-state index in [-0.39, 0.29) is 33.4 Å². The number of rotatable bonds is 4. The average Bonchev–Trinajstić information content (AvgIpc) is 2.90. The summed E-state index contributed by atoms with van der Waals surface area (Å²) in [6.45, 7) is 0. The molecule has 42 heavy (non-hydrogen) atoms. The van der Waals surface area contributed by atoms with Crippen LogP contribution in [0.3, 0.4) is 0 Å². The van der Waals surface area contributed by atoms with Crippen molar-refractivity contribution in [3.63, 3.8) is 0 Å². The molecular weight excluding hydrogens is 588 g/mol. The SMILES string of the molecule is FC(F)(F)c1ccc(/C(=C(/c2ccc(C(F)(F)F)cc2)c2cccc(C(F)(F)F)c2)c2cccc(C(F)(F)F)c2)cc1. The van der Waals surface area contributed by atoms with Crippen molar-refractivity contribution in [2.75, 3.05) is 0 Å². The predicted octanol–water partition coefficient (Wildman–Crippen LogP) is 10.8. The summed E-state index contributed by atoms with van der Waals surface area (Å²) in [5, 5.41) is 0. The predicted molar refractivity (Wildman–Crippen MR) is 131 cm³/mol. The van der Waals surface area contributed by atoms with Crippen LogP contribution in [0.25, 0.3) is 11.1 Å². The van der Waals surface area contributed by atoms with E-state index in [0.29, 0.717) is 36.4 Å². The Morgan fingerprint density at radius 2 is 0.595 bits per heavy atom. The van der Waals surface area contributed by atoms with Gasteiger partial charge in [-0.1, -0.05) is 48.5 Å². The van der Waals surface area contributed by atoms with Gasteiger partial charge in [0.25, 0.3) is 0 Å². The molecule has 0 fully saturated rings. The highest BCUT2D eigenvalue weighted by Gasteiger charge is 2.34. The summed E-state index contributed by atoms with van der Waals surface area (Å²) in [4.78, 5) is 0. The summed E-state index contributed by atoms with van der Waals surface area (Å²) >= 11 is 0. The van der Waals surface area contributed by atoms with Gasteiger partial charge in [-0.05, 0) is 81.9 Å². The second-order valence-corrected chi connectivity index (χ2v) is 9.06. The first kappa shape index (κ1) is 30.7. The first-order valence-electron chi connectivity index (χ1n) is 11.8. The van der Waals surface area contributed by atoms with Crippen molar-refractivity contribution in [1.82, 2.24) is 0 Å². The van der Waals surface area contributed by atoms with Crippen LogP contribution in [0.4, 0.5) is 52.7 Å². The lowest BCUT2D eigenvalue weighted by Gasteiger charge is -2.21. The summed E-state index contributed by atoms with van der Waals surface area (Å²) < 4.78 is 161.